The van der Waals surface area contributed by atoms with Crippen LogP contribution in [-0.4, -0.2) is 60.5 Å². The summed E-state index contributed by atoms with van der Waals surface area (Å²) < 4.78 is 33.9. The Morgan fingerprint density at radius 2 is 1.97 bits per heavy atom. The molecule has 1 aromatic carbocycles. The normalized spacial score (nSPS) is 22.3. The van der Waals surface area contributed by atoms with Gasteiger partial charge in [-0.05, 0) is 51.3 Å². The van der Waals surface area contributed by atoms with Crippen molar-refractivity contribution in [2.45, 2.75) is 64.0 Å². The molecule has 11 heteroatoms. The molecule has 0 saturated heterocycles. The van der Waals surface area contributed by atoms with Crippen LogP contribution in [0.2, 0.25) is 0 Å². The van der Waals surface area contributed by atoms with Crippen LogP contribution in [0.1, 0.15) is 56.3 Å². The molecule has 1 atom stereocenters. The van der Waals surface area contributed by atoms with Crippen LogP contribution >= 0.6 is 0 Å². The largest absolute Gasteiger partial charge is 0.495 e. The molecule has 2 aliphatic carbocycles. The van der Waals surface area contributed by atoms with Crippen molar-refractivity contribution in [1.29, 1.82) is 0 Å². The van der Waals surface area contributed by atoms with Crippen molar-refractivity contribution in [3.05, 3.63) is 30.0 Å². The molecule has 2 heterocycles. The lowest BCUT2D eigenvalue weighted by Crippen LogP contribution is -2.45. The number of fused-ring (bicyclic) bond motifs is 1. The summed E-state index contributed by atoms with van der Waals surface area (Å²) in [5, 5.41) is 6.08. The highest BCUT2D eigenvalue weighted by Crippen LogP contribution is 2.44. The van der Waals surface area contributed by atoms with Crippen molar-refractivity contribution in [1.82, 2.24) is 15.3 Å². The molecule has 0 radical (unpaired) electrons. The molecule has 2 fully saturated rings. The summed E-state index contributed by atoms with van der Waals surface area (Å²) in [6, 6.07) is 4.83. The fourth-order valence-electron chi connectivity index (χ4n) is 5.05. The molecule has 0 spiro atoms. The molecule has 0 bridgehead atoms. The highest BCUT2D eigenvalue weighted by molar-refractivity contribution is 6.01. The van der Waals surface area contributed by atoms with Gasteiger partial charge in [0, 0.05) is 44.1 Å². The molecule has 1 aliphatic heterocycles. The first kappa shape index (κ1) is 25.2. The third kappa shape index (κ3) is 5.03. The van der Waals surface area contributed by atoms with E-state index < -0.39 is 17.4 Å². The molecule has 2 N–H and O–H groups in total. The number of alkyl halides is 2. The zero-order valence-corrected chi connectivity index (χ0v) is 21.5. The van der Waals surface area contributed by atoms with Gasteiger partial charge in [-0.2, -0.15) is 4.98 Å². The molecule has 2 aromatic rings. The van der Waals surface area contributed by atoms with Gasteiger partial charge < -0.3 is 25.2 Å². The lowest BCUT2D eigenvalue weighted by molar-refractivity contribution is -0.125. The fourth-order valence-corrected chi connectivity index (χ4v) is 5.05. The molecule has 3 aliphatic rings. The van der Waals surface area contributed by atoms with E-state index in [2.05, 4.69) is 15.6 Å². The molecule has 2 saturated carbocycles. The monoisotopic (exact) mass is 514 g/mol. The van der Waals surface area contributed by atoms with Crippen LogP contribution in [0.15, 0.2) is 24.4 Å². The Hall–Kier alpha value is -3.50. The van der Waals surface area contributed by atoms with Gasteiger partial charge in [0.05, 0.1) is 24.4 Å². The SMILES string of the molecule is COc1cc(C(=O)NC2CC2)ccc1Nc1ncc2c(n1)N(C1CCC(F)(F)C1)CC(C)(C)C(=O)N2C. The molecule has 2 amide bonds. The average molecular weight is 515 g/mol. The summed E-state index contributed by atoms with van der Waals surface area (Å²) in [4.78, 5) is 38.1. The highest BCUT2D eigenvalue weighted by atomic mass is 19.3. The summed E-state index contributed by atoms with van der Waals surface area (Å²) in [5.74, 6) is -1.95. The molecular formula is C26H32F2N6O3. The predicted octanol–water partition coefficient (Wildman–Crippen LogP) is 4.12. The van der Waals surface area contributed by atoms with Gasteiger partial charge in [-0.3, -0.25) is 9.59 Å². The first-order valence-electron chi connectivity index (χ1n) is 12.5. The van der Waals surface area contributed by atoms with Crippen LogP contribution in [-0.2, 0) is 4.79 Å². The Bertz CT molecular complexity index is 1230. The maximum absolute atomic E-state index is 14.2. The maximum Gasteiger partial charge on any atom is 0.251 e. The van der Waals surface area contributed by atoms with Crippen molar-refractivity contribution in [2.24, 2.45) is 5.41 Å². The van der Waals surface area contributed by atoms with Crippen molar-refractivity contribution in [3.63, 3.8) is 0 Å². The minimum absolute atomic E-state index is 0.132. The van der Waals surface area contributed by atoms with Crippen LogP contribution in [0.25, 0.3) is 0 Å². The van der Waals surface area contributed by atoms with Crippen LogP contribution in [0.5, 0.6) is 5.75 Å². The number of benzene rings is 1. The standard InChI is InChI=1S/C26H32F2N6O3/c1-25(2)14-34(17-9-10-26(27,28)12-17)21-19(33(3)23(25)36)13-29-24(32-21)31-18-8-5-15(11-20(18)37-4)22(35)30-16-6-7-16/h5,8,11,13,16-17H,6-7,9-10,12,14H2,1-4H3,(H,30,35)(H,29,31,32). The second kappa shape index (κ2) is 9.11. The zero-order chi connectivity index (χ0) is 26.5. The molecule has 9 nitrogen and oxygen atoms in total. The number of aromatic nitrogens is 2. The van der Waals surface area contributed by atoms with E-state index in [9.17, 15) is 18.4 Å². The van der Waals surface area contributed by atoms with Gasteiger partial charge in [-0.1, -0.05) is 0 Å². The number of nitrogens with one attached hydrogen (secondary N) is 2. The smallest absolute Gasteiger partial charge is 0.251 e. The van der Waals surface area contributed by atoms with Gasteiger partial charge in [0.1, 0.15) is 11.4 Å². The van der Waals surface area contributed by atoms with Crippen molar-refractivity contribution in [3.8, 4) is 5.75 Å². The van der Waals surface area contributed by atoms with E-state index in [0.717, 1.165) is 12.8 Å². The summed E-state index contributed by atoms with van der Waals surface area (Å²) in [6.07, 6.45) is 3.35. The van der Waals surface area contributed by atoms with Gasteiger partial charge in [-0.15, -0.1) is 0 Å². The van der Waals surface area contributed by atoms with Crippen LogP contribution in [0.3, 0.4) is 0 Å². The number of anilines is 4. The number of nitrogens with zero attached hydrogens (tertiary/aromatic N) is 4. The topological polar surface area (TPSA) is 99.7 Å². The van der Waals surface area contributed by atoms with Crippen molar-refractivity contribution in [2.75, 3.05) is 35.8 Å². The Labute approximate surface area is 214 Å². The number of amides is 2. The molecule has 37 heavy (non-hydrogen) atoms. The highest BCUT2D eigenvalue weighted by Gasteiger charge is 2.47. The van der Waals surface area contributed by atoms with Gasteiger partial charge in [-0.25, -0.2) is 13.8 Å². The van der Waals surface area contributed by atoms with Gasteiger partial charge >= 0.3 is 0 Å². The van der Waals surface area contributed by atoms with E-state index in [1.165, 1.54) is 18.2 Å². The second-order valence-corrected chi connectivity index (χ2v) is 10.8. The van der Waals surface area contributed by atoms with E-state index in [1.807, 2.05) is 18.7 Å². The van der Waals surface area contributed by atoms with E-state index in [0.29, 0.717) is 34.9 Å². The molecule has 1 unspecified atom stereocenters. The van der Waals surface area contributed by atoms with Crippen LogP contribution in [0, 0.1) is 5.41 Å². The number of hydrogen-bond acceptors (Lipinski definition) is 7. The predicted molar refractivity (Wildman–Crippen MR) is 136 cm³/mol. The van der Waals surface area contributed by atoms with Crippen LogP contribution < -0.4 is 25.2 Å². The lowest BCUT2D eigenvalue weighted by atomic mass is 9.91. The first-order chi connectivity index (χ1) is 17.5. The third-order valence-corrected chi connectivity index (χ3v) is 7.27. The molecular weight excluding hydrogens is 482 g/mol. The lowest BCUT2D eigenvalue weighted by Gasteiger charge is -2.34. The third-order valence-electron chi connectivity index (χ3n) is 7.27. The number of carbonyl (C=O) groups is 2. The van der Waals surface area contributed by atoms with Crippen molar-refractivity contribution >= 4 is 35.0 Å². The number of methoxy groups -OCH3 is 1. The van der Waals surface area contributed by atoms with Gasteiger partial charge in [0.25, 0.3) is 5.91 Å². The van der Waals surface area contributed by atoms with E-state index in [1.54, 1.807) is 25.2 Å². The Morgan fingerprint density at radius 3 is 2.62 bits per heavy atom. The van der Waals surface area contributed by atoms with Crippen LogP contribution in [0.4, 0.5) is 31.9 Å². The Balaban J connectivity index is 1.47. The summed E-state index contributed by atoms with van der Waals surface area (Å²) >= 11 is 0. The fraction of sp³-hybridized carbons (Fsp3) is 0.538. The average Bonchev–Trinajstić information content (AvgIpc) is 3.61. The number of hydrogen-bond donors (Lipinski definition) is 2. The summed E-state index contributed by atoms with van der Waals surface area (Å²) in [5.41, 5.74) is 0.687. The minimum atomic E-state index is -2.74. The Morgan fingerprint density at radius 1 is 1.22 bits per heavy atom. The van der Waals surface area contributed by atoms with Gasteiger partial charge in [0.15, 0.2) is 5.82 Å². The number of rotatable bonds is 6. The quantitative estimate of drug-likeness (QED) is 0.598. The Kier molecular flexibility index (Phi) is 6.19. The van der Waals surface area contributed by atoms with Crippen molar-refractivity contribution < 1.29 is 23.1 Å². The molecule has 1 aromatic heterocycles. The minimum Gasteiger partial charge on any atom is -0.495 e. The first-order valence-corrected chi connectivity index (χ1v) is 12.5. The van der Waals surface area contributed by atoms with E-state index in [-0.39, 0.29) is 43.2 Å². The molecule has 5 rings (SSSR count). The number of carbonyl (C=O) groups excluding carboxylic acids is 2. The molecule has 198 valence electrons. The zero-order valence-electron chi connectivity index (χ0n) is 21.5. The second-order valence-electron chi connectivity index (χ2n) is 10.8. The maximum atomic E-state index is 14.2. The number of ether oxygens (including phenoxy) is 1. The summed E-state index contributed by atoms with van der Waals surface area (Å²) in [6.45, 7) is 3.89. The van der Waals surface area contributed by atoms with E-state index >= 15 is 0 Å². The van der Waals surface area contributed by atoms with E-state index in [4.69, 9.17) is 9.72 Å². The number of halogens is 2. The van der Waals surface area contributed by atoms with Gasteiger partial charge in [0.2, 0.25) is 17.8 Å². The summed E-state index contributed by atoms with van der Waals surface area (Å²) in [7, 11) is 3.16.